The summed E-state index contributed by atoms with van der Waals surface area (Å²) >= 11 is 1.29. The number of hydrogen-bond acceptors (Lipinski definition) is 4. The van der Waals surface area contributed by atoms with Gasteiger partial charge in [-0.3, -0.25) is 9.59 Å². The number of methoxy groups -OCH3 is 1. The van der Waals surface area contributed by atoms with Crippen LogP contribution in [0.3, 0.4) is 0 Å². The number of nitrogens with one attached hydrogen (secondary N) is 2. The molecule has 2 aromatic carbocycles. The molecule has 5 nitrogen and oxygen atoms in total. The van der Waals surface area contributed by atoms with Crippen molar-refractivity contribution in [2.45, 2.75) is 25.5 Å². The SMILES string of the molecule is CCc1ccc(NC(=O)[C@H](C)SCC(=O)Nc2ccccc2OC)cc1. The van der Waals surface area contributed by atoms with Gasteiger partial charge in [0, 0.05) is 5.69 Å². The van der Waals surface area contributed by atoms with Crippen molar-refractivity contribution in [1.29, 1.82) is 0 Å². The summed E-state index contributed by atoms with van der Waals surface area (Å²) in [5.74, 6) is 0.490. The lowest BCUT2D eigenvalue weighted by molar-refractivity contribution is -0.115. The zero-order valence-corrected chi connectivity index (χ0v) is 16.1. The Morgan fingerprint density at radius 1 is 1.08 bits per heavy atom. The smallest absolute Gasteiger partial charge is 0.237 e. The van der Waals surface area contributed by atoms with E-state index >= 15 is 0 Å². The van der Waals surface area contributed by atoms with E-state index in [0.717, 1.165) is 12.1 Å². The van der Waals surface area contributed by atoms with Crippen LogP contribution >= 0.6 is 11.8 Å². The molecule has 6 heteroatoms. The summed E-state index contributed by atoms with van der Waals surface area (Å²) in [6.45, 7) is 3.87. The normalized spacial score (nSPS) is 11.5. The summed E-state index contributed by atoms with van der Waals surface area (Å²) in [4.78, 5) is 24.4. The minimum Gasteiger partial charge on any atom is -0.495 e. The maximum absolute atomic E-state index is 12.3. The van der Waals surface area contributed by atoms with Gasteiger partial charge in [-0.2, -0.15) is 0 Å². The van der Waals surface area contributed by atoms with Crippen LogP contribution in [-0.2, 0) is 16.0 Å². The van der Waals surface area contributed by atoms with E-state index in [4.69, 9.17) is 4.74 Å². The third kappa shape index (κ3) is 5.81. The molecular weight excluding hydrogens is 348 g/mol. The number of ether oxygens (including phenoxy) is 1. The summed E-state index contributed by atoms with van der Waals surface area (Å²) in [5.41, 5.74) is 2.60. The molecule has 0 saturated heterocycles. The molecule has 1 atom stereocenters. The van der Waals surface area contributed by atoms with E-state index < -0.39 is 0 Å². The second kappa shape index (κ2) is 9.87. The molecule has 0 aliphatic rings. The fourth-order valence-corrected chi connectivity index (χ4v) is 2.96. The Kier molecular flexibility index (Phi) is 7.53. The Morgan fingerprint density at radius 2 is 1.77 bits per heavy atom. The summed E-state index contributed by atoms with van der Waals surface area (Å²) in [6, 6.07) is 15.0. The van der Waals surface area contributed by atoms with Gasteiger partial charge in [-0.1, -0.05) is 31.2 Å². The Hall–Kier alpha value is -2.47. The number of benzene rings is 2. The van der Waals surface area contributed by atoms with Gasteiger partial charge >= 0.3 is 0 Å². The largest absolute Gasteiger partial charge is 0.495 e. The molecule has 0 aromatic heterocycles. The van der Waals surface area contributed by atoms with E-state index in [1.165, 1.54) is 17.3 Å². The minimum absolute atomic E-state index is 0.121. The summed E-state index contributed by atoms with van der Waals surface area (Å²) in [7, 11) is 1.55. The molecule has 0 heterocycles. The molecule has 0 aliphatic heterocycles. The quantitative estimate of drug-likeness (QED) is 0.736. The number of hydrogen-bond donors (Lipinski definition) is 2. The highest BCUT2D eigenvalue weighted by molar-refractivity contribution is 8.01. The maximum Gasteiger partial charge on any atom is 0.237 e. The average Bonchev–Trinajstić information content (AvgIpc) is 2.67. The molecule has 2 amide bonds. The van der Waals surface area contributed by atoms with Crippen LogP contribution < -0.4 is 15.4 Å². The van der Waals surface area contributed by atoms with Crippen molar-refractivity contribution >= 4 is 35.0 Å². The Balaban J connectivity index is 1.81. The Labute approximate surface area is 158 Å². The standard InChI is InChI=1S/C20H24N2O3S/c1-4-15-9-11-16(12-10-15)21-20(24)14(2)26-13-19(23)22-17-7-5-6-8-18(17)25-3/h5-12,14H,4,13H2,1-3H3,(H,21,24)(H,22,23)/t14-/m0/s1. The van der Waals surface area contributed by atoms with Gasteiger partial charge in [0.1, 0.15) is 5.75 Å². The Bertz CT molecular complexity index is 747. The molecule has 0 aliphatic carbocycles. The second-order valence-electron chi connectivity index (χ2n) is 5.74. The topological polar surface area (TPSA) is 67.4 Å². The lowest BCUT2D eigenvalue weighted by Crippen LogP contribution is -2.25. The highest BCUT2D eigenvalue weighted by atomic mass is 32.2. The first-order chi connectivity index (χ1) is 12.5. The number of aryl methyl sites for hydroxylation is 1. The molecule has 0 bridgehead atoms. The summed E-state index contributed by atoms with van der Waals surface area (Å²) in [6.07, 6.45) is 0.960. The number of carbonyl (C=O) groups excluding carboxylic acids is 2. The molecule has 0 radical (unpaired) electrons. The molecular formula is C20H24N2O3S. The third-order valence-electron chi connectivity index (χ3n) is 3.84. The Morgan fingerprint density at radius 3 is 2.42 bits per heavy atom. The first-order valence-electron chi connectivity index (χ1n) is 8.47. The molecule has 0 unspecified atom stereocenters. The van der Waals surface area contributed by atoms with E-state index in [0.29, 0.717) is 11.4 Å². The van der Waals surface area contributed by atoms with Crippen LogP contribution in [0.2, 0.25) is 0 Å². The van der Waals surface area contributed by atoms with Gasteiger partial charge in [0.2, 0.25) is 11.8 Å². The fraction of sp³-hybridized carbons (Fsp3) is 0.300. The van der Waals surface area contributed by atoms with Crippen LogP contribution in [0.5, 0.6) is 5.75 Å². The monoisotopic (exact) mass is 372 g/mol. The van der Waals surface area contributed by atoms with Crippen molar-refractivity contribution < 1.29 is 14.3 Å². The van der Waals surface area contributed by atoms with E-state index in [2.05, 4.69) is 17.6 Å². The van der Waals surface area contributed by atoms with Crippen molar-refractivity contribution in [3.63, 3.8) is 0 Å². The van der Waals surface area contributed by atoms with Crippen LogP contribution in [0.15, 0.2) is 48.5 Å². The predicted molar refractivity (Wildman–Crippen MR) is 108 cm³/mol. The lowest BCUT2D eigenvalue weighted by Gasteiger charge is -2.13. The van der Waals surface area contributed by atoms with Gasteiger partial charge < -0.3 is 15.4 Å². The highest BCUT2D eigenvalue weighted by Gasteiger charge is 2.16. The summed E-state index contributed by atoms with van der Waals surface area (Å²) in [5, 5.41) is 5.33. The molecule has 0 spiro atoms. The van der Waals surface area contributed by atoms with Crippen LogP contribution in [0.1, 0.15) is 19.4 Å². The van der Waals surface area contributed by atoms with Crippen molar-refractivity contribution in [3.8, 4) is 5.75 Å². The second-order valence-corrected chi connectivity index (χ2v) is 7.07. The van der Waals surface area contributed by atoms with Gasteiger partial charge in [0.05, 0.1) is 23.8 Å². The van der Waals surface area contributed by atoms with Gasteiger partial charge in [-0.25, -0.2) is 0 Å². The zero-order chi connectivity index (χ0) is 18.9. The molecule has 0 saturated carbocycles. The molecule has 26 heavy (non-hydrogen) atoms. The van der Waals surface area contributed by atoms with Crippen molar-refractivity contribution in [3.05, 3.63) is 54.1 Å². The number of thioether (sulfide) groups is 1. The average molecular weight is 372 g/mol. The fourth-order valence-electron chi connectivity index (χ4n) is 2.28. The van der Waals surface area contributed by atoms with Gasteiger partial charge in [0.15, 0.2) is 0 Å². The molecule has 138 valence electrons. The van der Waals surface area contributed by atoms with E-state index in [9.17, 15) is 9.59 Å². The van der Waals surface area contributed by atoms with Gasteiger partial charge in [-0.15, -0.1) is 11.8 Å². The molecule has 2 aromatic rings. The van der Waals surface area contributed by atoms with E-state index in [1.807, 2.05) is 36.4 Å². The first-order valence-corrected chi connectivity index (χ1v) is 9.52. The predicted octanol–water partition coefficient (Wildman–Crippen LogP) is 3.96. The maximum atomic E-state index is 12.3. The molecule has 2 rings (SSSR count). The zero-order valence-electron chi connectivity index (χ0n) is 15.2. The van der Waals surface area contributed by atoms with Crippen LogP contribution in [0.25, 0.3) is 0 Å². The highest BCUT2D eigenvalue weighted by Crippen LogP contribution is 2.23. The number of amides is 2. The number of anilines is 2. The molecule has 0 fully saturated rings. The van der Waals surface area contributed by atoms with Crippen LogP contribution in [0, 0.1) is 0 Å². The van der Waals surface area contributed by atoms with E-state index in [1.54, 1.807) is 26.2 Å². The van der Waals surface area contributed by atoms with E-state index in [-0.39, 0.29) is 22.8 Å². The van der Waals surface area contributed by atoms with Crippen molar-refractivity contribution in [1.82, 2.24) is 0 Å². The third-order valence-corrected chi connectivity index (χ3v) is 4.99. The van der Waals surface area contributed by atoms with Crippen LogP contribution in [-0.4, -0.2) is 29.9 Å². The lowest BCUT2D eigenvalue weighted by atomic mass is 10.1. The first kappa shape index (κ1) is 19.8. The minimum atomic E-state index is -0.343. The number of carbonyl (C=O) groups is 2. The number of rotatable bonds is 8. The number of para-hydroxylation sites is 2. The van der Waals surface area contributed by atoms with Gasteiger partial charge in [-0.05, 0) is 43.2 Å². The van der Waals surface area contributed by atoms with Crippen LogP contribution in [0.4, 0.5) is 11.4 Å². The van der Waals surface area contributed by atoms with Crippen molar-refractivity contribution in [2.75, 3.05) is 23.5 Å². The van der Waals surface area contributed by atoms with Crippen molar-refractivity contribution in [2.24, 2.45) is 0 Å². The van der Waals surface area contributed by atoms with Gasteiger partial charge in [0.25, 0.3) is 0 Å². The summed E-state index contributed by atoms with van der Waals surface area (Å²) < 4.78 is 5.21. The molecule has 2 N–H and O–H groups in total.